The predicted molar refractivity (Wildman–Crippen MR) is 121 cm³/mol. The first-order valence-corrected chi connectivity index (χ1v) is 10.9. The summed E-state index contributed by atoms with van der Waals surface area (Å²) in [4.78, 5) is 43.6. The number of carbonyl (C=O) groups excluding carboxylic acids is 3. The van der Waals surface area contributed by atoms with Crippen LogP contribution in [0.5, 0.6) is 0 Å². The number of hydrogen-bond donors (Lipinski definition) is 1. The number of aryl methyl sites for hydroxylation is 1. The Labute approximate surface area is 182 Å². The lowest BCUT2D eigenvalue weighted by Gasteiger charge is -2.36. The molecular formula is C24H28N4O3. The first-order chi connectivity index (χ1) is 15.0. The third kappa shape index (κ3) is 4.71. The van der Waals surface area contributed by atoms with E-state index in [9.17, 15) is 14.4 Å². The summed E-state index contributed by atoms with van der Waals surface area (Å²) < 4.78 is 0. The monoisotopic (exact) mass is 420 g/mol. The van der Waals surface area contributed by atoms with Gasteiger partial charge >= 0.3 is 6.03 Å². The third-order valence-corrected chi connectivity index (χ3v) is 5.86. The van der Waals surface area contributed by atoms with E-state index in [1.165, 1.54) is 9.80 Å². The fourth-order valence-corrected chi connectivity index (χ4v) is 4.10. The maximum atomic E-state index is 13.0. The molecule has 2 aromatic rings. The zero-order valence-corrected chi connectivity index (χ0v) is 17.8. The van der Waals surface area contributed by atoms with Crippen molar-refractivity contribution in [2.24, 2.45) is 0 Å². The maximum absolute atomic E-state index is 13.0. The number of anilines is 3. The van der Waals surface area contributed by atoms with E-state index in [0.717, 1.165) is 44.3 Å². The van der Waals surface area contributed by atoms with Crippen molar-refractivity contribution in [3.05, 3.63) is 54.1 Å². The van der Waals surface area contributed by atoms with Gasteiger partial charge < -0.3 is 10.2 Å². The second-order valence-electron chi connectivity index (χ2n) is 8.15. The van der Waals surface area contributed by atoms with E-state index < -0.39 is 0 Å². The van der Waals surface area contributed by atoms with Crippen LogP contribution in [0.25, 0.3) is 0 Å². The standard InChI is InChI=1S/C24H28N4O3/c1-18-10-12-19(13-11-18)25-24(31)28-17-23(30)27(20-8-4-5-9-21(20)28)16-22(29)26-14-6-2-3-7-15-26/h4-5,8-13H,2-3,6-7,14-17H2,1H3,(H,25,31). The molecule has 2 aliphatic rings. The van der Waals surface area contributed by atoms with E-state index in [1.54, 1.807) is 12.1 Å². The van der Waals surface area contributed by atoms with Crippen LogP contribution in [0.1, 0.15) is 31.2 Å². The lowest BCUT2D eigenvalue weighted by Crippen LogP contribution is -2.52. The van der Waals surface area contributed by atoms with Gasteiger partial charge in [-0.2, -0.15) is 0 Å². The number of nitrogens with one attached hydrogen (secondary N) is 1. The molecule has 0 spiro atoms. The van der Waals surface area contributed by atoms with Crippen LogP contribution in [0.2, 0.25) is 0 Å². The van der Waals surface area contributed by atoms with Gasteiger partial charge in [0.2, 0.25) is 11.8 Å². The largest absolute Gasteiger partial charge is 0.341 e. The Morgan fingerprint density at radius 1 is 0.903 bits per heavy atom. The van der Waals surface area contributed by atoms with Gasteiger partial charge in [0, 0.05) is 18.8 Å². The van der Waals surface area contributed by atoms with E-state index in [4.69, 9.17) is 0 Å². The lowest BCUT2D eigenvalue weighted by atomic mass is 10.1. The van der Waals surface area contributed by atoms with Crippen LogP contribution in [0.3, 0.4) is 0 Å². The number of para-hydroxylation sites is 2. The number of nitrogens with zero attached hydrogens (tertiary/aromatic N) is 3. The molecule has 31 heavy (non-hydrogen) atoms. The third-order valence-electron chi connectivity index (χ3n) is 5.86. The fourth-order valence-electron chi connectivity index (χ4n) is 4.10. The predicted octanol–water partition coefficient (Wildman–Crippen LogP) is 3.78. The summed E-state index contributed by atoms with van der Waals surface area (Å²) in [6, 6.07) is 14.4. The van der Waals surface area contributed by atoms with Gasteiger partial charge in [0.15, 0.2) is 0 Å². The highest BCUT2D eigenvalue weighted by Gasteiger charge is 2.34. The molecule has 0 bridgehead atoms. The molecule has 4 rings (SSSR count). The molecule has 4 amide bonds. The van der Waals surface area contributed by atoms with Gasteiger partial charge in [-0.1, -0.05) is 42.7 Å². The second kappa shape index (κ2) is 9.20. The van der Waals surface area contributed by atoms with Gasteiger partial charge in [0.25, 0.3) is 0 Å². The first kappa shape index (κ1) is 20.9. The SMILES string of the molecule is Cc1ccc(NC(=O)N2CC(=O)N(CC(=O)N3CCCCCC3)c3ccccc32)cc1. The highest BCUT2D eigenvalue weighted by Crippen LogP contribution is 2.34. The van der Waals surface area contributed by atoms with E-state index >= 15 is 0 Å². The summed E-state index contributed by atoms with van der Waals surface area (Å²) >= 11 is 0. The molecular weight excluding hydrogens is 392 g/mol. The molecule has 1 saturated heterocycles. The fraction of sp³-hybridized carbons (Fsp3) is 0.375. The molecule has 1 fully saturated rings. The van der Waals surface area contributed by atoms with Crippen LogP contribution in [0.15, 0.2) is 48.5 Å². The van der Waals surface area contributed by atoms with Crippen LogP contribution >= 0.6 is 0 Å². The lowest BCUT2D eigenvalue weighted by molar-refractivity contribution is -0.131. The Balaban J connectivity index is 1.53. The molecule has 0 unspecified atom stereocenters. The number of amides is 4. The van der Waals surface area contributed by atoms with Crippen molar-refractivity contribution < 1.29 is 14.4 Å². The van der Waals surface area contributed by atoms with Crippen molar-refractivity contribution in [2.75, 3.05) is 41.3 Å². The summed E-state index contributed by atoms with van der Waals surface area (Å²) in [6.07, 6.45) is 4.28. The number of fused-ring (bicyclic) bond motifs is 1. The summed E-state index contributed by atoms with van der Waals surface area (Å²) in [5, 5.41) is 2.86. The Kier molecular flexibility index (Phi) is 6.21. The average Bonchev–Trinajstić information content (AvgIpc) is 3.06. The Morgan fingerprint density at radius 2 is 1.55 bits per heavy atom. The van der Waals surface area contributed by atoms with E-state index in [0.29, 0.717) is 17.1 Å². The van der Waals surface area contributed by atoms with Crippen LogP contribution in [0, 0.1) is 6.92 Å². The molecule has 162 valence electrons. The highest BCUT2D eigenvalue weighted by molar-refractivity contribution is 6.15. The molecule has 2 aliphatic heterocycles. The van der Waals surface area contributed by atoms with Crippen molar-refractivity contribution in [2.45, 2.75) is 32.6 Å². The molecule has 0 aromatic heterocycles. The number of benzene rings is 2. The Hall–Kier alpha value is -3.35. The molecule has 7 heteroatoms. The molecule has 1 N–H and O–H groups in total. The maximum Gasteiger partial charge on any atom is 0.326 e. The quantitative estimate of drug-likeness (QED) is 0.821. The number of likely N-dealkylation sites (tertiary alicyclic amines) is 1. The van der Waals surface area contributed by atoms with Gasteiger partial charge in [-0.3, -0.25) is 19.4 Å². The average molecular weight is 421 g/mol. The summed E-state index contributed by atoms with van der Waals surface area (Å²) in [7, 11) is 0. The summed E-state index contributed by atoms with van der Waals surface area (Å²) in [5.41, 5.74) is 2.97. The second-order valence-corrected chi connectivity index (χ2v) is 8.15. The molecule has 2 heterocycles. The van der Waals surface area contributed by atoms with Crippen LogP contribution < -0.4 is 15.1 Å². The zero-order chi connectivity index (χ0) is 21.8. The van der Waals surface area contributed by atoms with Crippen molar-refractivity contribution in [1.29, 1.82) is 0 Å². The molecule has 0 atom stereocenters. The van der Waals surface area contributed by atoms with E-state index in [-0.39, 0.29) is 30.9 Å². The molecule has 7 nitrogen and oxygen atoms in total. The van der Waals surface area contributed by atoms with Gasteiger partial charge in [-0.25, -0.2) is 4.79 Å². The zero-order valence-electron chi connectivity index (χ0n) is 17.8. The van der Waals surface area contributed by atoms with Crippen molar-refractivity contribution in [1.82, 2.24) is 4.90 Å². The summed E-state index contributed by atoms with van der Waals surface area (Å²) in [5.74, 6) is -0.302. The highest BCUT2D eigenvalue weighted by atomic mass is 16.2. The van der Waals surface area contributed by atoms with Gasteiger partial charge in [0.1, 0.15) is 13.1 Å². The normalized spacial score (nSPS) is 16.5. The van der Waals surface area contributed by atoms with Gasteiger partial charge in [-0.05, 0) is 44.0 Å². The number of rotatable bonds is 3. The topological polar surface area (TPSA) is 73.0 Å². The van der Waals surface area contributed by atoms with Crippen LogP contribution in [-0.2, 0) is 9.59 Å². The van der Waals surface area contributed by atoms with Gasteiger partial charge in [0.05, 0.1) is 11.4 Å². The summed E-state index contributed by atoms with van der Waals surface area (Å²) in [6.45, 7) is 3.36. The smallest absolute Gasteiger partial charge is 0.326 e. The van der Waals surface area contributed by atoms with Crippen LogP contribution in [-0.4, -0.2) is 48.9 Å². The minimum atomic E-state index is -0.372. The first-order valence-electron chi connectivity index (χ1n) is 10.9. The van der Waals surface area contributed by atoms with Crippen molar-refractivity contribution in [3.8, 4) is 0 Å². The van der Waals surface area contributed by atoms with E-state index in [2.05, 4.69) is 5.32 Å². The minimum absolute atomic E-state index is 0.00324. The number of hydrogen-bond acceptors (Lipinski definition) is 3. The Morgan fingerprint density at radius 3 is 2.23 bits per heavy atom. The molecule has 0 aliphatic carbocycles. The minimum Gasteiger partial charge on any atom is -0.341 e. The van der Waals surface area contributed by atoms with Gasteiger partial charge in [-0.15, -0.1) is 0 Å². The molecule has 0 saturated carbocycles. The molecule has 0 radical (unpaired) electrons. The Bertz CT molecular complexity index is 965. The number of carbonyl (C=O) groups is 3. The van der Waals surface area contributed by atoms with Crippen LogP contribution in [0.4, 0.5) is 21.9 Å². The molecule has 2 aromatic carbocycles. The number of urea groups is 1. The van der Waals surface area contributed by atoms with E-state index in [1.807, 2.05) is 48.2 Å². The van der Waals surface area contributed by atoms with Crippen molar-refractivity contribution in [3.63, 3.8) is 0 Å². The van der Waals surface area contributed by atoms with Crippen molar-refractivity contribution >= 4 is 34.9 Å².